The summed E-state index contributed by atoms with van der Waals surface area (Å²) in [6.07, 6.45) is 2.14. The fourth-order valence-electron chi connectivity index (χ4n) is 4.49. The summed E-state index contributed by atoms with van der Waals surface area (Å²) in [5.74, 6) is 0.500. The smallest absolute Gasteiger partial charge is 0.162 e. The Kier molecular flexibility index (Phi) is 7.09. The van der Waals surface area contributed by atoms with Crippen LogP contribution in [0.3, 0.4) is 0 Å². The maximum Gasteiger partial charge on any atom is 0.162 e. The quantitative estimate of drug-likeness (QED) is 0.502. The molecular formula is C25H28FN3O3. The summed E-state index contributed by atoms with van der Waals surface area (Å²) in [4.78, 5) is 8.81. The zero-order chi connectivity index (χ0) is 22.5. The van der Waals surface area contributed by atoms with E-state index in [0.717, 1.165) is 17.0 Å². The molecule has 32 heavy (non-hydrogen) atoms. The minimum absolute atomic E-state index is 0.0103. The summed E-state index contributed by atoms with van der Waals surface area (Å²) in [6.45, 7) is 0.540. The van der Waals surface area contributed by atoms with E-state index in [9.17, 15) is 14.6 Å². The van der Waals surface area contributed by atoms with Gasteiger partial charge in [0.2, 0.25) is 0 Å². The third-order valence-corrected chi connectivity index (χ3v) is 6.27. The lowest BCUT2D eigenvalue weighted by atomic mass is 9.88. The summed E-state index contributed by atoms with van der Waals surface area (Å²) in [6, 6.07) is 16.1. The molecule has 0 spiro atoms. The Labute approximate surface area is 187 Å². The fourth-order valence-corrected chi connectivity index (χ4v) is 4.49. The molecule has 1 fully saturated rings. The number of hydrogen-bond donors (Lipinski definition) is 3. The second-order valence-electron chi connectivity index (χ2n) is 8.20. The van der Waals surface area contributed by atoms with E-state index in [0.29, 0.717) is 30.8 Å². The van der Waals surface area contributed by atoms with E-state index in [-0.39, 0.29) is 30.3 Å². The third kappa shape index (κ3) is 4.96. The molecule has 0 bridgehead atoms. The first-order chi connectivity index (χ1) is 15.6. The van der Waals surface area contributed by atoms with E-state index in [1.54, 1.807) is 31.5 Å². The zero-order valence-corrected chi connectivity index (χ0v) is 18.0. The van der Waals surface area contributed by atoms with Crippen LogP contribution >= 0.6 is 0 Å². The van der Waals surface area contributed by atoms with E-state index < -0.39 is 6.10 Å². The average molecular weight is 438 g/mol. The van der Waals surface area contributed by atoms with Crippen LogP contribution in [0, 0.1) is 17.7 Å². The molecule has 4 atom stereocenters. The second kappa shape index (κ2) is 10.2. The highest BCUT2D eigenvalue weighted by molar-refractivity contribution is 5.55. The van der Waals surface area contributed by atoms with Crippen LogP contribution in [0.1, 0.15) is 17.7 Å². The highest BCUT2D eigenvalue weighted by atomic mass is 19.1. The molecule has 1 aromatic heterocycles. The molecule has 1 aliphatic carbocycles. The van der Waals surface area contributed by atoms with Crippen LogP contribution in [-0.2, 0) is 13.0 Å². The van der Waals surface area contributed by atoms with Crippen LogP contribution in [0.5, 0.6) is 5.75 Å². The lowest BCUT2D eigenvalue weighted by Crippen LogP contribution is -2.36. The van der Waals surface area contributed by atoms with Gasteiger partial charge in [-0.15, -0.1) is 0 Å². The lowest BCUT2D eigenvalue weighted by Gasteiger charge is -2.25. The largest absolute Gasteiger partial charge is 0.497 e. The molecule has 0 amide bonds. The summed E-state index contributed by atoms with van der Waals surface area (Å²) < 4.78 is 19.4. The summed E-state index contributed by atoms with van der Waals surface area (Å²) in [5, 5.41) is 24.0. The summed E-state index contributed by atoms with van der Waals surface area (Å²) >= 11 is 0. The van der Waals surface area contributed by atoms with Crippen molar-refractivity contribution in [2.75, 3.05) is 13.7 Å². The van der Waals surface area contributed by atoms with Crippen molar-refractivity contribution in [2.24, 2.45) is 11.8 Å². The molecule has 6 nitrogen and oxygen atoms in total. The van der Waals surface area contributed by atoms with Gasteiger partial charge in [0, 0.05) is 37.0 Å². The predicted octanol–water partition coefficient (Wildman–Crippen LogP) is 2.98. The molecule has 2 aromatic carbocycles. The van der Waals surface area contributed by atoms with Crippen LogP contribution in [0.4, 0.5) is 4.39 Å². The van der Waals surface area contributed by atoms with Gasteiger partial charge in [0.05, 0.1) is 18.8 Å². The van der Waals surface area contributed by atoms with Gasteiger partial charge >= 0.3 is 0 Å². The molecule has 3 N–H and O–H groups in total. The minimum atomic E-state index is -0.591. The van der Waals surface area contributed by atoms with Crippen molar-refractivity contribution in [3.8, 4) is 17.1 Å². The fraction of sp³-hybridized carbons (Fsp3) is 0.360. The van der Waals surface area contributed by atoms with Gasteiger partial charge in [-0.3, -0.25) is 0 Å². The maximum absolute atomic E-state index is 14.2. The Balaban J connectivity index is 1.50. The molecule has 0 radical (unpaired) electrons. The molecular weight excluding hydrogens is 409 g/mol. The Morgan fingerprint density at radius 3 is 2.59 bits per heavy atom. The number of benzene rings is 2. The van der Waals surface area contributed by atoms with E-state index in [4.69, 9.17) is 4.74 Å². The Morgan fingerprint density at radius 2 is 1.88 bits per heavy atom. The molecule has 0 aliphatic heterocycles. The normalized spacial score (nSPS) is 22.8. The highest BCUT2D eigenvalue weighted by Crippen LogP contribution is 2.35. The number of nitrogens with zero attached hydrogens (tertiary/aromatic N) is 2. The van der Waals surface area contributed by atoms with Crippen LogP contribution in [0.25, 0.3) is 11.4 Å². The van der Waals surface area contributed by atoms with Gasteiger partial charge in [-0.05, 0) is 54.7 Å². The van der Waals surface area contributed by atoms with Gasteiger partial charge < -0.3 is 20.3 Å². The number of aromatic nitrogens is 2. The van der Waals surface area contributed by atoms with Crippen molar-refractivity contribution >= 4 is 0 Å². The van der Waals surface area contributed by atoms with Gasteiger partial charge in [0.15, 0.2) is 5.82 Å². The third-order valence-electron chi connectivity index (χ3n) is 6.27. The first-order valence-corrected chi connectivity index (χ1v) is 10.8. The van der Waals surface area contributed by atoms with Gasteiger partial charge in [0.1, 0.15) is 11.6 Å². The number of rotatable bonds is 8. The SMILES string of the molecule is COc1ccc(CN[C@@H]2C[C@@H](O)[C@H](CO)[C@H]2Cc2ccnc(-c3ccccc3F)n2)cc1. The molecule has 3 aromatic rings. The van der Waals surface area contributed by atoms with Crippen molar-refractivity contribution in [1.29, 1.82) is 0 Å². The Hall–Kier alpha value is -2.87. The number of aliphatic hydroxyl groups excluding tert-OH is 2. The number of methoxy groups -OCH3 is 1. The molecule has 7 heteroatoms. The topological polar surface area (TPSA) is 87.5 Å². The van der Waals surface area contributed by atoms with Crippen molar-refractivity contribution < 1.29 is 19.3 Å². The number of nitrogens with one attached hydrogen (secondary N) is 1. The monoisotopic (exact) mass is 437 g/mol. The molecule has 4 rings (SSSR count). The van der Waals surface area contributed by atoms with Crippen LogP contribution in [0.2, 0.25) is 0 Å². The Morgan fingerprint density at radius 1 is 1.09 bits per heavy atom. The standard InChI is InChI=1S/C25H28FN3O3/c1-32-18-8-6-16(7-9-18)14-28-23-13-24(31)21(15-30)20(23)12-17-10-11-27-25(29-17)19-4-2-3-5-22(19)26/h2-11,20-21,23-24,28,30-31H,12-15H2,1H3/t20-,21-,23-,24-/m1/s1. The van der Waals surface area contributed by atoms with E-state index in [1.165, 1.54) is 6.07 Å². The van der Waals surface area contributed by atoms with Crippen LogP contribution in [0.15, 0.2) is 60.8 Å². The minimum Gasteiger partial charge on any atom is -0.497 e. The van der Waals surface area contributed by atoms with Crippen molar-refractivity contribution in [3.63, 3.8) is 0 Å². The maximum atomic E-state index is 14.2. The van der Waals surface area contributed by atoms with Crippen molar-refractivity contribution in [1.82, 2.24) is 15.3 Å². The number of hydrogen-bond acceptors (Lipinski definition) is 6. The average Bonchev–Trinajstić information content (AvgIpc) is 3.12. The van der Waals surface area contributed by atoms with E-state index >= 15 is 0 Å². The zero-order valence-electron chi connectivity index (χ0n) is 18.0. The highest BCUT2D eigenvalue weighted by Gasteiger charge is 2.42. The lowest BCUT2D eigenvalue weighted by molar-refractivity contribution is 0.0716. The van der Waals surface area contributed by atoms with Gasteiger partial charge in [0.25, 0.3) is 0 Å². The summed E-state index contributed by atoms with van der Waals surface area (Å²) in [7, 11) is 1.64. The first-order valence-electron chi connectivity index (χ1n) is 10.8. The van der Waals surface area contributed by atoms with E-state index in [2.05, 4.69) is 15.3 Å². The van der Waals surface area contributed by atoms with Gasteiger partial charge in [-0.2, -0.15) is 0 Å². The second-order valence-corrected chi connectivity index (χ2v) is 8.20. The molecule has 1 heterocycles. The Bertz CT molecular complexity index is 1030. The van der Waals surface area contributed by atoms with Crippen molar-refractivity contribution in [2.45, 2.75) is 31.5 Å². The van der Waals surface area contributed by atoms with Gasteiger partial charge in [-0.25, -0.2) is 14.4 Å². The summed E-state index contributed by atoms with van der Waals surface area (Å²) in [5.41, 5.74) is 2.22. The van der Waals surface area contributed by atoms with Crippen molar-refractivity contribution in [3.05, 3.63) is 77.9 Å². The molecule has 0 unspecified atom stereocenters. The van der Waals surface area contributed by atoms with E-state index in [1.807, 2.05) is 30.3 Å². The van der Waals surface area contributed by atoms with Crippen LogP contribution < -0.4 is 10.1 Å². The number of halogens is 1. The predicted molar refractivity (Wildman–Crippen MR) is 119 cm³/mol. The molecule has 168 valence electrons. The van der Waals surface area contributed by atoms with Crippen LogP contribution in [-0.4, -0.2) is 46.0 Å². The molecule has 0 saturated heterocycles. The number of ether oxygens (including phenoxy) is 1. The molecule has 1 saturated carbocycles. The molecule has 1 aliphatic rings. The first kappa shape index (κ1) is 22.3. The number of aliphatic hydroxyl groups is 2. The van der Waals surface area contributed by atoms with Gasteiger partial charge in [-0.1, -0.05) is 24.3 Å².